The molecule has 114 valence electrons. The molecule has 0 unspecified atom stereocenters. The summed E-state index contributed by atoms with van der Waals surface area (Å²) in [4.78, 5) is 21.6. The van der Waals surface area contributed by atoms with Gasteiger partial charge in [0, 0.05) is 12.1 Å². The van der Waals surface area contributed by atoms with Crippen molar-refractivity contribution in [2.45, 2.75) is 6.04 Å². The molecule has 2 heterocycles. The number of amides is 1. The van der Waals surface area contributed by atoms with Crippen LogP contribution in [0.25, 0.3) is 11.0 Å². The molecule has 3 rings (SSSR count). The largest absolute Gasteiger partial charge is 0.350 e. The number of aromatic nitrogens is 2. The van der Waals surface area contributed by atoms with E-state index < -0.39 is 0 Å². The third kappa shape index (κ3) is 3.03. The van der Waals surface area contributed by atoms with Crippen molar-refractivity contribution < 1.29 is 4.79 Å². The van der Waals surface area contributed by atoms with Crippen LogP contribution in [-0.4, -0.2) is 41.4 Å². The van der Waals surface area contributed by atoms with E-state index in [0.717, 1.165) is 11.0 Å². The smallest absolute Gasteiger partial charge is 0.251 e. The van der Waals surface area contributed by atoms with Crippen molar-refractivity contribution in [3.05, 3.63) is 52.5 Å². The Morgan fingerprint density at radius 3 is 3.00 bits per heavy atom. The van der Waals surface area contributed by atoms with Crippen LogP contribution in [0.1, 0.15) is 22.0 Å². The summed E-state index contributed by atoms with van der Waals surface area (Å²) in [5, 5.41) is 7.19. The number of thiophene rings is 1. The normalized spacial score (nSPS) is 12.7. The van der Waals surface area contributed by atoms with Crippen molar-refractivity contribution in [1.82, 2.24) is 20.2 Å². The molecule has 1 atom stereocenters. The SMILES string of the molecule is CN(C)[C@@H](CNC(=O)c1ccc2nc[nH]c2c1)c1ccsc1. The van der Waals surface area contributed by atoms with Gasteiger partial charge in [-0.15, -0.1) is 0 Å². The van der Waals surface area contributed by atoms with Gasteiger partial charge in [0.15, 0.2) is 0 Å². The lowest BCUT2D eigenvalue weighted by Gasteiger charge is -2.24. The number of rotatable bonds is 5. The van der Waals surface area contributed by atoms with E-state index in [1.54, 1.807) is 23.7 Å². The highest BCUT2D eigenvalue weighted by molar-refractivity contribution is 7.07. The number of fused-ring (bicyclic) bond motifs is 1. The first-order chi connectivity index (χ1) is 10.6. The summed E-state index contributed by atoms with van der Waals surface area (Å²) in [6, 6.07) is 7.74. The van der Waals surface area contributed by atoms with Crippen LogP contribution in [0.3, 0.4) is 0 Å². The predicted octanol–water partition coefficient (Wildman–Crippen LogP) is 2.66. The summed E-state index contributed by atoms with van der Waals surface area (Å²) in [7, 11) is 4.04. The number of H-pyrrole nitrogens is 1. The first-order valence-corrected chi connectivity index (χ1v) is 7.99. The Labute approximate surface area is 133 Å². The average Bonchev–Trinajstić information content (AvgIpc) is 3.17. The summed E-state index contributed by atoms with van der Waals surface area (Å²) < 4.78 is 0. The van der Waals surface area contributed by atoms with Crippen LogP contribution in [0.2, 0.25) is 0 Å². The number of hydrogen-bond donors (Lipinski definition) is 2. The zero-order valence-electron chi connectivity index (χ0n) is 12.5. The molecule has 2 aromatic heterocycles. The fourth-order valence-electron chi connectivity index (χ4n) is 2.43. The van der Waals surface area contributed by atoms with E-state index >= 15 is 0 Å². The number of nitrogens with one attached hydrogen (secondary N) is 2. The average molecular weight is 314 g/mol. The first kappa shape index (κ1) is 14.7. The molecule has 0 saturated heterocycles. The quantitative estimate of drug-likeness (QED) is 0.761. The Bertz CT molecular complexity index is 763. The molecule has 0 spiro atoms. The molecule has 0 bridgehead atoms. The van der Waals surface area contributed by atoms with Crippen LogP contribution in [0.15, 0.2) is 41.4 Å². The second-order valence-corrected chi connectivity index (χ2v) is 6.16. The van der Waals surface area contributed by atoms with Crippen molar-refractivity contribution in [2.24, 2.45) is 0 Å². The van der Waals surface area contributed by atoms with E-state index in [9.17, 15) is 4.79 Å². The monoisotopic (exact) mass is 314 g/mol. The third-order valence-electron chi connectivity index (χ3n) is 3.69. The van der Waals surface area contributed by atoms with Crippen LogP contribution in [0.4, 0.5) is 0 Å². The molecule has 0 radical (unpaired) electrons. The molecule has 3 aromatic rings. The number of likely N-dealkylation sites (N-methyl/N-ethyl adjacent to an activating group) is 1. The van der Waals surface area contributed by atoms with Gasteiger partial charge in [-0.1, -0.05) is 0 Å². The number of aromatic amines is 1. The summed E-state index contributed by atoms with van der Waals surface area (Å²) in [6.45, 7) is 0.573. The lowest BCUT2D eigenvalue weighted by Crippen LogP contribution is -2.34. The lowest BCUT2D eigenvalue weighted by molar-refractivity contribution is 0.0942. The van der Waals surface area contributed by atoms with Crippen LogP contribution >= 0.6 is 11.3 Å². The van der Waals surface area contributed by atoms with Gasteiger partial charge in [-0.2, -0.15) is 11.3 Å². The van der Waals surface area contributed by atoms with Gasteiger partial charge < -0.3 is 15.2 Å². The van der Waals surface area contributed by atoms with E-state index in [0.29, 0.717) is 12.1 Å². The van der Waals surface area contributed by atoms with Crippen molar-refractivity contribution in [3.8, 4) is 0 Å². The topological polar surface area (TPSA) is 61.0 Å². The van der Waals surface area contributed by atoms with Crippen molar-refractivity contribution in [3.63, 3.8) is 0 Å². The standard InChI is InChI=1S/C16H18N4OS/c1-20(2)15(12-5-6-22-9-12)8-17-16(21)11-3-4-13-14(7-11)19-10-18-13/h3-7,9-10,15H,8H2,1-2H3,(H,17,21)(H,18,19)/t15-/m0/s1. The fraction of sp³-hybridized carbons (Fsp3) is 0.250. The van der Waals surface area contributed by atoms with Gasteiger partial charge in [0.05, 0.1) is 23.4 Å². The minimum absolute atomic E-state index is 0.0708. The molecule has 0 fully saturated rings. The van der Waals surface area contributed by atoms with E-state index in [1.807, 2.05) is 26.2 Å². The molecule has 0 saturated carbocycles. The molecular formula is C16H18N4OS. The first-order valence-electron chi connectivity index (χ1n) is 7.05. The highest BCUT2D eigenvalue weighted by Gasteiger charge is 2.16. The van der Waals surface area contributed by atoms with Gasteiger partial charge >= 0.3 is 0 Å². The van der Waals surface area contributed by atoms with E-state index in [-0.39, 0.29) is 11.9 Å². The van der Waals surface area contributed by atoms with Crippen molar-refractivity contribution in [2.75, 3.05) is 20.6 Å². The number of hydrogen-bond acceptors (Lipinski definition) is 4. The zero-order chi connectivity index (χ0) is 15.5. The Hall–Kier alpha value is -2.18. The molecule has 0 aliphatic carbocycles. The van der Waals surface area contributed by atoms with E-state index in [2.05, 4.69) is 37.0 Å². The predicted molar refractivity (Wildman–Crippen MR) is 89.2 cm³/mol. The van der Waals surface area contributed by atoms with Gasteiger partial charge in [-0.05, 0) is 54.7 Å². The molecule has 5 nitrogen and oxygen atoms in total. The number of imidazole rings is 1. The van der Waals surface area contributed by atoms with Crippen molar-refractivity contribution in [1.29, 1.82) is 0 Å². The van der Waals surface area contributed by atoms with Gasteiger partial charge in [0.25, 0.3) is 5.91 Å². The maximum atomic E-state index is 12.3. The van der Waals surface area contributed by atoms with Gasteiger partial charge in [0.2, 0.25) is 0 Å². The fourth-order valence-corrected chi connectivity index (χ4v) is 3.14. The maximum absolute atomic E-state index is 12.3. The second-order valence-electron chi connectivity index (χ2n) is 5.38. The van der Waals surface area contributed by atoms with E-state index in [4.69, 9.17) is 0 Å². The molecule has 0 aliphatic rings. The zero-order valence-corrected chi connectivity index (χ0v) is 13.4. The highest BCUT2D eigenvalue weighted by atomic mass is 32.1. The van der Waals surface area contributed by atoms with Crippen LogP contribution in [0, 0.1) is 0 Å². The molecule has 22 heavy (non-hydrogen) atoms. The van der Waals surface area contributed by atoms with E-state index in [1.165, 1.54) is 5.56 Å². The Morgan fingerprint density at radius 2 is 2.27 bits per heavy atom. The minimum Gasteiger partial charge on any atom is -0.350 e. The number of carbonyl (C=O) groups excluding carboxylic acids is 1. The Balaban J connectivity index is 1.70. The van der Waals surface area contributed by atoms with Gasteiger partial charge in [-0.25, -0.2) is 4.98 Å². The van der Waals surface area contributed by atoms with Crippen molar-refractivity contribution >= 4 is 28.3 Å². The molecular weight excluding hydrogens is 296 g/mol. The minimum atomic E-state index is -0.0708. The Kier molecular flexibility index (Phi) is 4.22. The number of nitrogens with zero attached hydrogens (tertiary/aromatic N) is 2. The highest BCUT2D eigenvalue weighted by Crippen LogP contribution is 2.20. The number of carbonyl (C=O) groups is 1. The van der Waals surface area contributed by atoms with Gasteiger partial charge in [0.1, 0.15) is 0 Å². The number of benzene rings is 1. The molecule has 6 heteroatoms. The lowest BCUT2D eigenvalue weighted by atomic mass is 10.1. The van der Waals surface area contributed by atoms with Crippen LogP contribution in [-0.2, 0) is 0 Å². The van der Waals surface area contributed by atoms with Crippen LogP contribution in [0.5, 0.6) is 0 Å². The van der Waals surface area contributed by atoms with Crippen LogP contribution < -0.4 is 5.32 Å². The molecule has 2 N–H and O–H groups in total. The molecule has 1 amide bonds. The second kappa shape index (κ2) is 6.29. The summed E-state index contributed by atoms with van der Waals surface area (Å²) in [5.74, 6) is -0.0708. The molecule has 1 aromatic carbocycles. The summed E-state index contributed by atoms with van der Waals surface area (Å²) in [6.07, 6.45) is 1.63. The summed E-state index contributed by atoms with van der Waals surface area (Å²) >= 11 is 1.67. The Morgan fingerprint density at radius 1 is 1.41 bits per heavy atom. The van der Waals surface area contributed by atoms with Gasteiger partial charge in [-0.3, -0.25) is 4.79 Å². The maximum Gasteiger partial charge on any atom is 0.251 e. The summed E-state index contributed by atoms with van der Waals surface area (Å²) in [5.41, 5.74) is 3.59. The third-order valence-corrected chi connectivity index (χ3v) is 4.39. The molecule has 0 aliphatic heterocycles.